The van der Waals surface area contributed by atoms with Gasteiger partial charge >= 0.3 is 0 Å². The van der Waals surface area contributed by atoms with E-state index in [-0.39, 0.29) is 11.7 Å². The van der Waals surface area contributed by atoms with Crippen LogP contribution >= 0.6 is 27.5 Å². The summed E-state index contributed by atoms with van der Waals surface area (Å²) in [6, 6.07) is 22.8. The van der Waals surface area contributed by atoms with E-state index >= 15 is 0 Å². The number of amides is 1. The number of carbonyl (C=O) groups excluding carboxylic acids is 2. The van der Waals surface area contributed by atoms with E-state index < -0.39 is 5.41 Å². The molecule has 34 heavy (non-hydrogen) atoms. The van der Waals surface area contributed by atoms with Crippen molar-refractivity contribution in [3.63, 3.8) is 0 Å². The van der Waals surface area contributed by atoms with E-state index in [1.165, 1.54) is 0 Å². The summed E-state index contributed by atoms with van der Waals surface area (Å²) >= 11 is 9.69. The molecule has 0 atom stereocenters. The first-order valence-electron chi connectivity index (χ1n) is 10.9. The van der Waals surface area contributed by atoms with Crippen molar-refractivity contribution in [3.05, 3.63) is 93.4 Å². The number of fused-ring (bicyclic) bond motifs is 3. The van der Waals surface area contributed by atoms with Crippen molar-refractivity contribution >= 4 is 39.2 Å². The number of hydrogen-bond donors (Lipinski definition) is 1. The minimum absolute atomic E-state index is 0.0533. The van der Waals surface area contributed by atoms with E-state index in [0.717, 1.165) is 32.4 Å². The lowest BCUT2D eigenvalue weighted by Crippen LogP contribution is -2.34. The fraction of sp³-hybridized carbons (Fsp3) is 0.143. The maximum Gasteiger partial charge on any atom is 0.244 e. The third-order valence-corrected chi connectivity index (χ3v) is 6.75. The Balaban J connectivity index is 1.90. The fourth-order valence-electron chi connectivity index (χ4n) is 4.23. The Hall–Kier alpha value is -3.15. The molecule has 5 rings (SSSR count). The number of hydrogen-bond acceptors (Lipinski definition) is 2. The largest absolute Gasteiger partial charge is 0.288 e. The minimum atomic E-state index is -0.631. The average molecular weight is 534 g/mol. The van der Waals surface area contributed by atoms with Crippen LogP contribution in [-0.4, -0.2) is 16.4 Å². The maximum absolute atomic E-state index is 13.7. The molecule has 1 aromatic heterocycles. The Labute approximate surface area is 211 Å². The van der Waals surface area contributed by atoms with Crippen LogP contribution in [0.1, 0.15) is 36.7 Å². The molecule has 1 aliphatic rings. The lowest BCUT2D eigenvalue weighted by atomic mass is 9.95. The van der Waals surface area contributed by atoms with Crippen LogP contribution in [0.25, 0.3) is 33.6 Å². The van der Waals surface area contributed by atoms with E-state index in [0.29, 0.717) is 21.8 Å². The Bertz CT molecular complexity index is 1450. The van der Waals surface area contributed by atoms with Gasteiger partial charge in [0.15, 0.2) is 5.78 Å². The van der Waals surface area contributed by atoms with Gasteiger partial charge in [0.2, 0.25) is 5.91 Å². The second-order valence-corrected chi connectivity index (χ2v) is 10.7. The van der Waals surface area contributed by atoms with Gasteiger partial charge in [-0.2, -0.15) is 0 Å². The lowest BCUT2D eigenvalue weighted by molar-refractivity contribution is -0.124. The van der Waals surface area contributed by atoms with Crippen molar-refractivity contribution in [3.8, 4) is 33.6 Å². The second kappa shape index (κ2) is 8.26. The van der Waals surface area contributed by atoms with Crippen LogP contribution in [0.15, 0.2) is 77.3 Å². The smallest absolute Gasteiger partial charge is 0.244 e. The van der Waals surface area contributed by atoms with Gasteiger partial charge in [0, 0.05) is 37.2 Å². The molecule has 1 amide bonds. The van der Waals surface area contributed by atoms with Crippen molar-refractivity contribution in [1.29, 1.82) is 0 Å². The van der Waals surface area contributed by atoms with Crippen LogP contribution in [0.5, 0.6) is 0 Å². The summed E-state index contributed by atoms with van der Waals surface area (Å²) in [6.45, 7) is 5.59. The summed E-state index contributed by atoms with van der Waals surface area (Å²) in [5.41, 5.74) is 8.44. The normalized spacial score (nSPS) is 12.4. The van der Waals surface area contributed by atoms with E-state index in [4.69, 9.17) is 11.6 Å². The molecule has 0 bridgehead atoms. The van der Waals surface area contributed by atoms with Gasteiger partial charge < -0.3 is 0 Å². The third-order valence-electron chi connectivity index (χ3n) is 5.97. The van der Waals surface area contributed by atoms with Crippen molar-refractivity contribution in [2.75, 3.05) is 5.43 Å². The van der Waals surface area contributed by atoms with Crippen LogP contribution < -0.4 is 5.43 Å². The molecule has 3 aromatic carbocycles. The van der Waals surface area contributed by atoms with Crippen molar-refractivity contribution in [1.82, 2.24) is 4.68 Å². The lowest BCUT2D eigenvalue weighted by Gasteiger charge is -2.22. The van der Waals surface area contributed by atoms with Crippen LogP contribution in [0.4, 0.5) is 0 Å². The fourth-order valence-corrected chi connectivity index (χ4v) is 4.62. The van der Waals surface area contributed by atoms with Crippen molar-refractivity contribution in [2.45, 2.75) is 20.8 Å². The number of carbonyl (C=O) groups is 2. The van der Waals surface area contributed by atoms with Gasteiger partial charge in [-0.3, -0.25) is 19.7 Å². The average Bonchev–Trinajstić information content (AvgIpc) is 3.28. The van der Waals surface area contributed by atoms with Crippen LogP contribution in [0.2, 0.25) is 5.02 Å². The minimum Gasteiger partial charge on any atom is -0.288 e. The van der Waals surface area contributed by atoms with Crippen LogP contribution in [0.3, 0.4) is 0 Å². The molecule has 1 N–H and O–H groups in total. The molecule has 4 aromatic rings. The SMILES string of the molecule is CC(C)(C)C(=O)Nn1c2c(c(-c3ccc(Br)cc3)c1-c1ccc(Cl)cc1)C(=O)c1ccccc1-2. The molecule has 0 spiro atoms. The van der Waals surface area contributed by atoms with Crippen LogP contribution in [0, 0.1) is 5.41 Å². The molecule has 0 aliphatic heterocycles. The summed E-state index contributed by atoms with van der Waals surface area (Å²) in [6.07, 6.45) is 0. The van der Waals surface area contributed by atoms with Gasteiger partial charge in [0.05, 0.1) is 17.0 Å². The molecule has 1 heterocycles. The highest BCUT2D eigenvalue weighted by molar-refractivity contribution is 9.10. The van der Waals surface area contributed by atoms with Crippen molar-refractivity contribution < 1.29 is 9.59 Å². The molecule has 6 heteroatoms. The molecule has 0 unspecified atom stereocenters. The Kier molecular flexibility index (Phi) is 5.50. The Morgan fingerprint density at radius 1 is 0.824 bits per heavy atom. The zero-order valence-corrected chi connectivity index (χ0v) is 21.3. The highest BCUT2D eigenvalue weighted by Crippen LogP contribution is 2.48. The zero-order valence-electron chi connectivity index (χ0n) is 18.9. The van der Waals surface area contributed by atoms with Gasteiger partial charge in [-0.15, -0.1) is 0 Å². The van der Waals surface area contributed by atoms with Gasteiger partial charge in [0.25, 0.3) is 0 Å². The monoisotopic (exact) mass is 532 g/mol. The first-order valence-corrected chi connectivity index (χ1v) is 12.1. The predicted molar refractivity (Wildman–Crippen MR) is 141 cm³/mol. The number of benzene rings is 3. The van der Waals surface area contributed by atoms with Gasteiger partial charge in [-0.1, -0.05) is 96.8 Å². The summed E-state index contributed by atoms with van der Waals surface area (Å²) in [4.78, 5) is 26.9. The Morgan fingerprint density at radius 2 is 1.41 bits per heavy atom. The predicted octanol–water partition coefficient (Wildman–Crippen LogP) is 7.57. The second-order valence-electron chi connectivity index (χ2n) is 9.36. The number of nitrogens with one attached hydrogen (secondary N) is 1. The molecule has 1 aliphatic carbocycles. The number of halogens is 2. The van der Waals surface area contributed by atoms with E-state index in [1.54, 1.807) is 4.68 Å². The van der Waals surface area contributed by atoms with Gasteiger partial charge in [0.1, 0.15) is 0 Å². The molecule has 0 fully saturated rings. The van der Waals surface area contributed by atoms with E-state index in [2.05, 4.69) is 21.4 Å². The molecule has 0 saturated carbocycles. The summed E-state index contributed by atoms with van der Waals surface area (Å²) < 4.78 is 2.73. The highest BCUT2D eigenvalue weighted by Gasteiger charge is 2.38. The van der Waals surface area contributed by atoms with Crippen molar-refractivity contribution in [2.24, 2.45) is 5.41 Å². The number of rotatable bonds is 3. The summed E-state index contributed by atoms with van der Waals surface area (Å²) in [7, 11) is 0. The third kappa shape index (κ3) is 3.69. The first-order chi connectivity index (χ1) is 16.2. The summed E-state index contributed by atoms with van der Waals surface area (Å²) in [5, 5.41) is 0.611. The number of ketones is 1. The molecule has 170 valence electrons. The van der Waals surface area contributed by atoms with E-state index in [9.17, 15) is 9.59 Å². The standard InChI is InChI=1S/C28H22BrClN2O2/c1-28(2,3)27(34)31-32-24(17-10-14-19(30)15-11-17)22(16-8-12-18(29)13-9-16)23-25(32)20-6-4-5-7-21(20)26(23)33/h4-15H,1-3H3,(H,31,34). The first kappa shape index (κ1) is 22.6. The highest BCUT2D eigenvalue weighted by atomic mass is 79.9. The number of aromatic nitrogens is 1. The zero-order chi connectivity index (χ0) is 24.2. The summed E-state index contributed by atoms with van der Waals surface area (Å²) in [5.74, 6) is -0.206. The van der Waals surface area contributed by atoms with Gasteiger partial charge in [-0.05, 0) is 29.8 Å². The topological polar surface area (TPSA) is 51.1 Å². The molecular formula is C28H22BrClN2O2. The Morgan fingerprint density at radius 3 is 2.03 bits per heavy atom. The van der Waals surface area contributed by atoms with Gasteiger partial charge in [-0.25, -0.2) is 0 Å². The quantitative estimate of drug-likeness (QED) is 0.260. The maximum atomic E-state index is 13.7. The molecular weight excluding hydrogens is 512 g/mol. The molecule has 0 radical (unpaired) electrons. The molecule has 4 nitrogen and oxygen atoms in total. The van der Waals surface area contributed by atoms with E-state index in [1.807, 2.05) is 93.6 Å². The molecule has 0 saturated heterocycles. The number of nitrogens with zero attached hydrogens (tertiary/aromatic N) is 1. The van der Waals surface area contributed by atoms with Crippen LogP contribution in [-0.2, 0) is 4.79 Å².